The van der Waals surface area contributed by atoms with Crippen molar-refractivity contribution in [3.8, 4) is 11.1 Å². The monoisotopic (exact) mass is 326 g/mol. The third-order valence-electron chi connectivity index (χ3n) is 4.73. The molecule has 3 nitrogen and oxygen atoms in total. The van der Waals surface area contributed by atoms with E-state index in [0.29, 0.717) is 12.0 Å². The van der Waals surface area contributed by atoms with E-state index in [9.17, 15) is 9.18 Å². The van der Waals surface area contributed by atoms with Crippen LogP contribution in [0.15, 0.2) is 48.5 Å². The molecule has 1 atom stereocenters. The Labute approximate surface area is 142 Å². The smallest absolute Gasteiger partial charge is 0.242 e. The third kappa shape index (κ3) is 3.06. The van der Waals surface area contributed by atoms with Crippen molar-refractivity contribution in [3.05, 3.63) is 59.9 Å². The van der Waals surface area contributed by atoms with Gasteiger partial charge in [0.05, 0.1) is 0 Å². The number of nitrogens with one attached hydrogen (secondary N) is 1. The molecule has 0 bridgehead atoms. The van der Waals surface area contributed by atoms with Crippen LogP contribution in [0.2, 0.25) is 0 Å². The van der Waals surface area contributed by atoms with E-state index in [-0.39, 0.29) is 11.7 Å². The average Bonchev–Trinajstić information content (AvgIpc) is 3.05. The van der Waals surface area contributed by atoms with E-state index in [1.54, 1.807) is 31.1 Å². The van der Waals surface area contributed by atoms with Crippen LogP contribution in [0.4, 0.5) is 4.39 Å². The number of amides is 1. The van der Waals surface area contributed by atoms with Gasteiger partial charge in [-0.2, -0.15) is 0 Å². The zero-order chi connectivity index (χ0) is 17.2. The maximum atomic E-state index is 14.3. The Balaban J connectivity index is 2.01. The Morgan fingerprint density at radius 1 is 1.12 bits per heavy atom. The van der Waals surface area contributed by atoms with Gasteiger partial charge in [-0.05, 0) is 36.6 Å². The molecule has 0 radical (unpaired) electrons. The molecular formula is C20H23FN2O. The minimum Gasteiger partial charge on any atom is -0.347 e. The van der Waals surface area contributed by atoms with Gasteiger partial charge in [0.1, 0.15) is 11.4 Å². The number of carbonyl (C=O) groups excluding carboxylic acids is 1. The van der Waals surface area contributed by atoms with Gasteiger partial charge in [0.25, 0.3) is 0 Å². The molecule has 1 heterocycles. The van der Waals surface area contributed by atoms with Gasteiger partial charge in [0.15, 0.2) is 0 Å². The SMILES string of the molecule is CN(C)C(=O)C1(Cc2ccccc2-c2ccccc2F)CCCN1. The number of halogens is 1. The molecule has 24 heavy (non-hydrogen) atoms. The summed E-state index contributed by atoms with van der Waals surface area (Å²) in [4.78, 5) is 14.4. The van der Waals surface area contributed by atoms with Gasteiger partial charge in [-0.1, -0.05) is 42.5 Å². The third-order valence-corrected chi connectivity index (χ3v) is 4.73. The Hall–Kier alpha value is -2.20. The summed E-state index contributed by atoms with van der Waals surface area (Å²) >= 11 is 0. The van der Waals surface area contributed by atoms with Gasteiger partial charge in [0, 0.05) is 26.1 Å². The van der Waals surface area contributed by atoms with Crippen LogP contribution in [0.1, 0.15) is 18.4 Å². The fourth-order valence-electron chi connectivity index (χ4n) is 3.59. The first-order valence-corrected chi connectivity index (χ1v) is 8.33. The van der Waals surface area contributed by atoms with E-state index in [4.69, 9.17) is 0 Å². The summed E-state index contributed by atoms with van der Waals surface area (Å²) in [6.45, 7) is 0.835. The van der Waals surface area contributed by atoms with E-state index >= 15 is 0 Å². The molecule has 2 aromatic carbocycles. The van der Waals surface area contributed by atoms with E-state index in [2.05, 4.69) is 5.32 Å². The van der Waals surface area contributed by atoms with Crippen LogP contribution in [0.3, 0.4) is 0 Å². The lowest BCUT2D eigenvalue weighted by Gasteiger charge is -2.32. The molecule has 0 saturated carbocycles. The first-order valence-electron chi connectivity index (χ1n) is 8.33. The van der Waals surface area contributed by atoms with Crippen molar-refractivity contribution in [1.29, 1.82) is 0 Å². The second-order valence-electron chi connectivity index (χ2n) is 6.63. The number of nitrogens with zero attached hydrogens (tertiary/aromatic N) is 1. The van der Waals surface area contributed by atoms with E-state index in [0.717, 1.165) is 30.5 Å². The lowest BCUT2D eigenvalue weighted by atomic mass is 9.84. The standard InChI is InChI=1S/C20H23FN2O/c1-23(2)19(24)20(12-7-13-22-20)14-15-8-3-4-9-16(15)17-10-5-6-11-18(17)21/h3-6,8-11,22H,7,12-14H2,1-2H3. The highest BCUT2D eigenvalue weighted by atomic mass is 19.1. The first-order chi connectivity index (χ1) is 11.5. The molecule has 1 N–H and O–H groups in total. The number of hydrogen-bond donors (Lipinski definition) is 1. The highest BCUT2D eigenvalue weighted by Gasteiger charge is 2.42. The van der Waals surface area contributed by atoms with Gasteiger partial charge < -0.3 is 10.2 Å². The molecule has 126 valence electrons. The van der Waals surface area contributed by atoms with Crippen molar-refractivity contribution in [2.24, 2.45) is 0 Å². The average molecular weight is 326 g/mol. The molecule has 2 aromatic rings. The van der Waals surface area contributed by atoms with Crippen LogP contribution >= 0.6 is 0 Å². The molecule has 1 saturated heterocycles. The molecule has 1 amide bonds. The Morgan fingerprint density at radius 3 is 2.42 bits per heavy atom. The maximum Gasteiger partial charge on any atom is 0.242 e. The minimum atomic E-state index is -0.592. The predicted molar refractivity (Wildman–Crippen MR) is 94.2 cm³/mol. The highest BCUT2D eigenvalue weighted by Crippen LogP contribution is 2.32. The van der Waals surface area contributed by atoms with Gasteiger partial charge >= 0.3 is 0 Å². The number of carbonyl (C=O) groups is 1. The molecule has 1 fully saturated rings. The molecule has 4 heteroatoms. The molecule has 1 aliphatic heterocycles. The fourth-order valence-corrected chi connectivity index (χ4v) is 3.59. The van der Waals surface area contributed by atoms with Crippen molar-refractivity contribution in [3.63, 3.8) is 0 Å². The summed E-state index contributed by atoms with van der Waals surface area (Å²) < 4.78 is 14.3. The Kier molecular flexibility index (Phi) is 4.67. The molecule has 0 spiro atoms. The zero-order valence-electron chi connectivity index (χ0n) is 14.2. The van der Waals surface area contributed by atoms with Gasteiger partial charge in [-0.3, -0.25) is 4.79 Å². The van der Waals surface area contributed by atoms with Gasteiger partial charge in [-0.25, -0.2) is 4.39 Å². The Bertz CT molecular complexity index is 736. The molecule has 1 unspecified atom stereocenters. The van der Waals surface area contributed by atoms with Crippen LogP contribution in [0.25, 0.3) is 11.1 Å². The first kappa shape index (κ1) is 16.7. The van der Waals surface area contributed by atoms with Crippen molar-refractivity contribution >= 4 is 5.91 Å². The topological polar surface area (TPSA) is 32.3 Å². The van der Waals surface area contributed by atoms with Crippen LogP contribution in [-0.2, 0) is 11.2 Å². The van der Waals surface area contributed by atoms with Crippen LogP contribution < -0.4 is 5.32 Å². The normalized spacial score (nSPS) is 20.1. The molecule has 0 aromatic heterocycles. The van der Waals surface area contributed by atoms with Crippen molar-refractivity contribution in [1.82, 2.24) is 10.2 Å². The summed E-state index contributed by atoms with van der Waals surface area (Å²) in [6.07, 6.45) is 2.34. The number of hydrogen-bond acceptors (Lipinski definition) is 2. The quantitative estimate of drug-likeness (QED) is 0.935. The van der Waals surface area contributed by atoms with Crippen molar-refractivity contribution < 1.29 is 9.18 Å². The van der Waals surface area contributed by atoms with Crippen LogP contribution in [0, 0.1) is 5.82 Å². The lowest BCUT2D eigenvalue weighted by molar-refractivity contribution is -0.135. The highest BCUT2D eigenvalue weighted by molar-refractivity contribution is 5.87. The number of likely N-dealkylation sites (N-methyl/N-ethyl adjacent to an activating group) is 1. The van der Waals surface area contributed by atoms with E-state index < -0.39 is 5.54 Å². The van der Waals surface area contributed by atoms with Crippen molar-refractivity contribution in [2.75, 3.05) is 20.6 Å². The Morgan fingerprint density at radius 2 is 1.79 bits per heavy atom. The predicted octanol–water partition coefficient (Wildman–Crippen LogP) is 3.25. The lowest BCUT2D eigenvalue weighted by Crippen LogP contribution is -2.54. The summed E-state index contributed by atoms with van der Waals surface area (Å²) in [7, 11) is 3.57. The molecule has 3 rings (SSSR count). The summed E-state index contributed by atoms with van der Waals surface area (Å²) in [5.41, 5.74) is 1.84. The van der Waals surface area contributed by atoms with Gasteiger partial charge in [-0.15, -0.1) is 0 Å². The summed E-state index contributed by atoms with van der Waals surface area (Å²) in [6, 6.07) is 14.6. The summed E-state index contributed by atoms with van der Waals surface area (Å²) in [5, 5.41) is 3.41. The van der Waals surface area contributed by atoms with Crippen LogP contribution in [0.5, 0.6) is 0 Å². The second kappa shape index (κ2) is 6.73. The van der Waals surface area contributed by atoms with E-state index in [1.165, 1.54) is 6.07 Å². The van der Waals surface area contributed by atoms with Crippen LogP contribution in [-0.4, -0.2) is 37.0 Å². The number of rotatable bonds is 4. The fraction of sp³-hybridized carbons (Fsp3) is 0.350. The van der Waals surface area contributed by atoms with Crippen molar-refractivity contribution in [2.45, 2.75) is 24.8 Å². The largest absolute Gasteiger partial charge is 0.347 e. The molecule has 0 aliphatic carbocycles. The molecule has 1 aliphatic rings. The molecular weight excluding hydrogens is 303 g/mol. The maximum absolute atomic E-state index is 14.3. The second-order valence-corrected chi connectivity index (χ2v) is 6.63. The van der Waals surface area contributed by atoms with E-state index in [1.807, 2.05) is 30.3 Å². The zero-order valence-corrected chi connectivity index (χ0v) is 14.2. The van der Waals surface area contributed by atoms with Gasteiger partial charge in [0.2, 0.25) is 5.91 Å². The minimum absolute atomic E-state index is 0.0864. The summed E-state index contributed by atoms with van der Waals surface area (Å²) in [5.74, 6) is -0.152. The number of benzene rings is 2.